The summed E-state index contributed by atoms with van der Waals surface area (Å²) in [5.41, 5.74) is 2.34. The van der Waals surface area contributed by atoms with Crippen LogP contribution in [0.3, 0.4) is 0 Å². The van der Waals surface area contributed by atoms with Crippen molar-refractivity contribution >= 4 is 39.1 Å². The van der Waals surface area contributed by atoms with Crippen molar-refractivity contribution in [3.05, 3.63) is 100 Å². The van der Waals surface area contributed by atoms with Gasteiger partial charge in [-0.05, 0) is 60.2 Å². The van der Waals surface area contributed by atoms with E-state index in [1.165, 1.54) is 29.2 Å². The SMILES string of the molecule is Cc1ccc(S(=O)(=O)Oc2cccc(/C=C3\SC(=O)N(Cc4ccccc4)C3=O)c2)cc1. The first kappa shape index (κ1) is 21.9. The number of nitrogens with zero attached hydrogens (tertiary/aromatic N) is 1. The molecule has 0 bridgehead atoms. The summed E-state index contributed by atoms with van der Waals surface area (Å²) >= 11 is 0.853. The minimum Gasteiger partial charge on any atom is -0.379 e. The van der Waals surface area contributed by atoms with Crippen LogP contribution in [0.4, 0.5) is 4.79 Å². The van der Waals surface area contributed by atoms with Crippen molar-refractivity contribution in [2.45, 2.75) is 18.4 Å². The lowest BCUT2D eigenvalue weighted by Gasteiger charge is -2.12. The van der Waals surface area contributed by atoms with E-state index in [4.69, 9.17) is 4.18 Å². The second kappa shape index (κ2) is 9.02. The number of carbonyl (C=O) groups excluding carboxylic acids is 2. The molecule has 2 amide bonds. The smallest absolute Gasteiger partial charge is 0.339 e. The monoisotopic (exact) mass is 465 g/mol. The minimum atomic E-state index is -3.99. The standard InChI is InChI=1S/C24H19NO5S2/c1-17-10-12-21(13-11-17)32(28,29)30-20-9-5-8-19(14-20)15-22-23(26)25(24(27)31-22)16-18-6-3-2-4-7-18/h2-15H,16H2,1H3/b22-15-. The third-order valence-electron chi connectivity index (χ3n) is 4.73. The van der Waals surface area contributed by atoms with Crippen molar-refractivity contribution in [3.8, 4) is 5.75 Å². The van der Waals surface area contributed by atoms with E-state index in [-0.39, 0.29) is 33.2 Å². The molecule has 1 fully saturated rings. The summed E-state index contributed by atoms with van der Waals surface area (Å²) < 4.78 is 30.3. The average Bonchev–Trinajstić information content (AvgIpc) is 3.02. The van der Waals surface area contributed by atoms with E-state index in [1.807, 2.05) is 37.3 Å². The average molecular weight is 466 g/mol. The van der Waals surface area contributed by atoms with Gasteiger partial charge in [0, 0.05) is 0 Å². The number of hydrogen-bond acceptors (Lipinski definition) is 6. The lowest BCUT2D eigenvalue weighted by molar-refractivity contribution is -0.123. The van der Waals surface area contributed by atoms with Crippen LogP contribution < -0.4 is 4.18 Å². The zero-order valence-corrected chi connectivity index (χ0v) is 18.7. The fraction of sp³-hybridized carbons (Fsp3) is 0.0833. The van der Waals surface area contributed by atoms with Crippen molar-refractivity contribution in [1.29, 1.82) is 0 Å². The van der Waals surface area contributed by atoms with Gasteiger partial charge in [-0.2, -0.15) is 8.42 Å². The molecule has 0 saturated carbocycles. The highest BCUT2D eigenvalue weighted by molar-refractivity contribution is 8.18. The second-order valence-corrected chi connectivity index (χ2v) is 9.72. The number of imide groups is 1. The van der Waals surface area contributed by atoms with Crippen molar-refractivity contribution < 1.29 is 22.2 Å². The summed E-state index contributed by atoms with van der Waals surface area (Å²) in [5, 5.41) is -0.348. The van der Waals surface area contributed by atoms with Gasteiger partial charge in [0.25, 0.3) is 11.1 Å². The number of amides is 2. The summed E-state index contributed by atoms with van der Waals surface area (Å²) in [5.74, 6) is -0.273. The summed E-state index contributed by atoms with van der Waals surface area (Å²) in [6, 6.07) is 22.0. The van der Waals surface area contributed by atoms with Crippen molar-refractivity contribution in [1.82, 2.24) is 4.90 Å². The fourth-order valence-electron chi connectivity index (χ4n) is 3.09. The molecule has 3 aromatic carbocycles. The molecule has 6 nitrogen and oxygen atoms in total. The van der Waals surface area contributed by atoms with E-state index in [0.29, 0.717) is 5.56 Å². The molecule has 162 valence electrons. The number of carbonyl (C=O) groups is 2. The third-order valence-corrected chi connectivity index (χ3v) is 6.90. The van der Waals surface area contributed by atoms with Crippen LogP contribution in [-0.2, 0) is 21.5 Å². The molecule has 0 atom stereocenters. The van der Waals surface area contributed by atoms with Gasteiger partial charge >= 0.3 is 10.1 Å². The molecule has 3 aromatic rings. The third kappa shape index (κ3) is 4.92. The minimum absolute atomic E-state index is 0.0514. The highest BCUT2D eigenvalue weighted by atomic mass is 32.2. The highest BCUT2D eigenvalue weighted by Gasteiger charge is 2.35. The Morgan fingerprint density at radius 2 is 1.66 bits per heavy atom. The number of aryl methyl sites for hydroxylation is 1. The normalized spacial score (nSPS) is 15.4. The number of rotatable bonds is 6. The van der Waals surface area contributed by atoms with Gasteiger partial charge in [0.15, 0.2) is 0 Å². The van der Waals surface area contributed by atoms with E-state index in [0.717, 1.165) is 22.9 Å². The topological polar surface area (TPSA) is 80.8 Å². The molecule has 0 aliphatic carbocycles. The zero-order valence-electron chi connectivity index (χ0n) is 17.1. The quantitative estimate of drug-likeness (QED) is 0.376. The maximum atomic E-state index is 12.7. The Kier molecular flexibility index (Phi) is 6.16. The molecule has 0 aromatic heterocycles. The summed E-state index contributed by atoms with van der Waals surface area (Å²) in [6.45, 7) is 2.06. The van der Waals surface area contributed by atoms with Gasteiger partial charge in [0.1, 0.15) is 10.6 Å². The van der Waals surface area contributed by atoms with Crippen molar-refractivity contribution in [2.75, 3.05) is 0 Å². The van der Waals surface area contributed by atoms with Gasteiger partial charge in [-0.1, -0.05) is 60.2 Å². The molecule has 4 rings (SSSR count). The summed E-state index contributed by atoms with van der Waals surface area (Å²) in [7, 11) is -3.99. The molecule has 0 N–H and O–H groups in total. The fourth-order valence-corrected chi connectivity index (χ4v) is 4.85. The molecule has 8 heteroatoms. The summed E-state index contributed by atoms with van der Waals surface area (Å²) in [6.07, 6.45) is 1.56. The van der Waals surface area contributed by atoms with Crippen LogP contribution in [-0.4, -0.2) is 24.5 Å². The molecular formula is C24H19NO5S2. The lowest BCUT2D eigenvalue weighted by Crippen LogP contribution is -2.27. The van der Waals surface area contributed by atoms with E-state index in [9.17, 15) is 18.0 Å². The van der Waals surface area contributed by atoms with E-state index < -0.39 is 10.1 Å². The first-order valence-corrected chi connectivity index (χ1v) is 11.9. The highest BCUT2D eigenvalue weighted by Crippen LogP contribution is 2.34. The van der Waals surface area contributed by atoms with Crippen LogP contribution in [0.5, 0.6) is 5.75 Å². The van der Waals surface area contributed by atoms with Gasteiger partial charge in [0.05, 0.1) is 11.4 Å². The molecule has 1 aliphatic rings. The molecule has 1 aliphatic heterocycles. The molecule has 32 heavy (non-hydrogen) atoms. The van der Waals surface area contributed by atoms with E-state index >= 15 is 0 Å². The molecule has 0 unspecified atom stereocenters. The first-order chi connectivity index (χ1) is 15.3. The Balaban J connectivity index is 1.53. The second-order valence-electron chi connectivity index (χ2n) is 7.18. The van der Waals surface area contributed by atoms with Crippen molar-refractivity contribution in [2.24, 2.45) is 0 Å². The summed E-state index contributed by atoms with van der Waals surface area (Å²) in [4.78, 5) is 26.6. The Morgan fingerprint density at radius 1 is 0.938 bits per heavy atom. The zero-order chi connectivity index (χ0) is 22.7. The molecule has 0 radical (unpaired) electrons. The molecule has 0 spiro atoms. The lowest BCUT2D eigenvalue weighted by atomic mass is 10.2. The van der Waals surface area contributed by atoms with Crippen molar-refractivity contribution in [3.63, 3.8) is 0 Å². The Hall–Kier alpha value is -3.36. The maximum absolute atomic E-state index is 12.7. The van der Waals surface area contributed by atoms with Gasteiger partial charge < -0.3 is 4.18 Å². The maximum Gasteiger partial charge on any atom is 0.339 e. The molecule has 1 saturated heterocycles. The van der Waals surface area contributed by atoms with Crippen LogP contribution in [0.25, 0.3) is 6.08 Å². The van der Waals surface area contributed by atoms with E-state index in [2.05, 4.69) is 0 Å². The van der Waals surface area contributed by atoms with Gasteiger partial charge in [0.2, 0.25) is 0 Å². The molecule has 1 heterocycles. The van der Waals surface area contributed by atoms with E-state index in [1.54, 1.807) is 30.3 Å². The van der Waals surface area contributed by atoms with Crippen LogP contribution in [0.15, 0.2) is 88.7 Å². The van der Waals surface area contributed by atoms with Gasteiger partial charge in [-0.15, -0.1) is 0 Å². The van der Waals surface area contributed by atoms with Gasteiger partial charge in [-0.25, -0.2) is 0 Å². The van der Waals surface area contributed by atoms with Crippen LogP contribution in [0, 0.1) is 6.92 Å². The van der Waals surface area contributed by atoms with Gasteiger partial charge in [-0.3, -0.25) is 14.5 Å². The Bertz CT molecular complexity index is 1300. The molecular weight excluding hydrogens is 446 g/mol. The van der Waals surface area contributed by atoms with Crippen LogP contribution in [0.2, 0.25) is 0 Å². The van der Waals surface area contributed by atoms with Crippen LogP contribution >= 0.6 is 11.8 Å². The predicted molar refractivity (Wildman–Crippen MR) is 123 cm³/mol. The first-order valence-electron chi connectivity index (χ1n) is 9.72. The number of thioether (sulfide) groups is 1. The number of hydrogen-bond donors (Lipinski definition) is 0. The Morgan fingerprint density at radius 3 is 2.38 bits per heavy atom. The number of benzene rings is 3. The Labute approximate surface area is 190 Å². The van der Waals surface area contributed by atoms with Crippen LogP contribution in [0.1, 0.15) is 16.7 Å². The largest absolute Gasteiger partial charge is 0.379 e. The predicted octanol–water partition coefficient (Wildman–Crippen LogP) is 5.00.